The number of hydrogen-bond acceptors (Lipinski definition) is 4. The third-order valence-corrected chi connectivity index (χ3v) is 4.90. The summed E-state index contributed by atoms with van der Waals surface area (Å²) in [6.45, 7) is -0.704. The Kier molecular flexibility index (Phi) is 3.25. The van der Waals surface area contributed by atoms with Crippen LogP contribution in [0.15, 0.2) is 0 Å². The van der Waals surface area contributed by atoms with E-state index in [9.17, 15) is 14.7 Å². The fourth-order valence-electron chi connectivity index (χ4n) is 4.82. The highest BCUT2D eigenvalue weighted by Crippen LogP contribution is 2.55. The van der Waals surface area contributed by atoms with Crippen molar-refractivity contribution in [3.63, 3.8) is 0 Å². The second kappa shape index (κ2) is 4.78. The fourth-order valence-corrected chi connectivity index (χ4v) is 4.82. The maximum Gasteiger partial charge on any atom is 0.246 e. The van der Waals surface area contributed by atoms with Crippen LogP contribution in [0, 0.1) is 17.8 Å². The van der Waals surface area contributed by atoms with Crippen molar-refractivity contribution in [2.45, 2.75) is 44.1 Å². The quantitative estimate of drug-likeness (QED) is 0.750. The molecular weight excluding hydrogens is 246 g/mol. The number of nitrogens with one attached hydrogen (secondary N) is 1. The molecule has 0 atom stereocenters. The number of rotatable bonds is 5. The van der Waals surface area contributed by atoms with E-state index in [1.165, 1.54) is 19.3 Å². The molecule has 4 aliphatic rings. The predicted octanol–water partition coefficient (Wildman–Crippen LogP) is -0.162. The summed E-state index contributed by atoms with van der Waals surface area (Å²) in [5.74, 6) is 0.841. The SMILES string of the molecule is O=C([O-])COCC(=O)NC12CC3CC(CC(C3)C1)C2. The van der Waals surface area contributed by atoms with Crippen LogP contribution >= 0.6 is 0 Å². The van der Waals surface area contributed by atoms with Gasteiger partial charge in [0.1, 0.15) is 6.61 Å². The van der Waals surface area contributed by atoms with Gasteiger partial charge < -0.3 is 20.0 Å². The smallest absolute Gasteiger partial charge is 0.246 e. The van der Waals surface area contributed by atoms with Crippen LogP contribution in [0.3, 0.4) is 0 Å². The maximum atomic E-state index is 11.9. The summed E-state index contributed by atoms with van der Waals surface area (Å²) < 4.78 is 4.80. The molecule has 1 amide bonds. The molecule has 0 heterocycles. The first-order valence-corrected chi connectivity index (χ1v) is 7.13. The first kappa shape index (κ1) is 12.9. The molecule has 0 aromatic carbocycles. The molecule has 106 valence electrons. The number of amides is 1. The van der Waals surface area contributed by atoms with Crippen LogP contribution in [-0.4, -0.2) is 30.6 Å². The van der Waals surface area contributed by atoms with Gasteiger partial charge in [0.25, 0.3) is 0 Å². The van der Waals surface area contributed by atoms with Crippen LogP contribution in [0.5, 0.6) is 0 Å². The first-order chi connectivity index (χ1) is 9.05. The number of carbonyl (C=O) groups excluding carboxylic acids is 2. The Morgan fingerprint density at radius 2 is 1.58 bits per heavy atom. The third-order valence-electron chi connectivity index (χ3n) is 4.90. The largest absolute Gasteiger partial charge is 0.548 e. The van der Waals surface area contributed by atoms with Crippen molar-refractivity contribution in [2.24, 2.45) is 17.8 Å². The number of ether oxygens (including phenoxy) is 1. The van der Waals surface area contributed by atoms with E-state index in [4.69, 9.17) is 4.74 Å². The molecule has 0 unspecified atom stereocenters. The number of carboxylic acid groups (broad SMARTS) is 1. The van der Waals surface area contributed by atoms with Crippen molar-refractivity contribution in [1.82, 2.24) is 5.32 Å². The van der Waals surface area contributed by atoms with Crippen LogP contribution in [0.25, 0.3) is 0 Å². The summed E-state index contributed by atoms with van der Waals surface area (Å²) in [5.41, 5.74) is -0.0311. The summed E-state index contributed by atoms with van der Waals surface area (Å²) in [6, 6.07) is 0. The Hall–Kier alpha value is -1.10. The van der Waals surface area contributed by atoms with Crippen molar-refractivity contribution in [3.05, 3.63) is 0 Å². The minimum Gasteiger partial charge on any atom is -0.548 e. The molecule has 0 spiro atoms. The van der Waals surface area contributed by atoms with Gasteiger partial charge in [-0.1, -0.05) is 0 Å². The number of hydrogen-bond donors (Lipinski definition) is 1. The summed E-state index contributed by atoms with van der Waals surface area (Å²) in [7, 11) is 0. The highest BCUT2D eigenvalue weighted by molar-refractivity contribution is 5.78. The Morgan fingerprint density at radius 3 is 2.05 bits per heavy atom. The van der Waals surface area contributed by atoms with Gasteiger partial charge in [-0.3, -0.25) is 4.79 Å². The monoisotopic (exact) mass is 266 g/mol. The molecule has 4 aliphatic carbocycles. The molecule has 4 fully saturated rings. The second-order valence-corrected chi connectivity index (χ2v) is 6.61. The van der Waals surface area contributed by atoms with Crippen molar-refractivity contribution < 1.29 is 19.4 Å². The van der Waals surface area contributed by atoms with Crippen LogP contribution in [0.1, 0.15) is 38.5 Å². The van der Waals surface area contributed by atoms with Crippen LogP contribution in [0.4, 0.5) is 0 Å². The molecule has 4 rings (SSSR count). The third kappa shape index (κ3) is 2.76. The minimum atomic E-state index is -1.29. The molecule has 5 nitrogen and oxygen atoms in total. The van der Waals surface area contributed by atoms with Crippen molar-refractivity contribution in [1.29, 1.82) is 0 Å². The van der Waals surface area contributed by atoms with E-state index in [2.05, 4.69) is 5.32 Å². The van der Waals surface area contributed by atoms with E-state index in [-0.39, 0.29) is 18.1 Å². The summed E-state index contributed by atoms with van der Waals surface area (Å²) in [5, 5.41) is 13.3. The zero-order valence-corrected chi connectivity index (χ0v) is 11.0. The molecule has 19 heavy (non-hydrogen) atoms. The van der Waals surface area contributed by atoms with E-state index in [0.29, 0.717) is 0 Å². The van der Waals surface area contributed by atoms with E-state index in [0.717, 1.165) is 37.0 Å². The topological polar surface area (TPSA) is 78.5 Å². The molecule has 1 N–H and O–H groups in total. The normalized spacial score (nSPS) is 39.3. The summed E-state index contributed by atoms with van der Waals surface area (Å²) >= 11 is 0. The molecule has 4 saturated carbocycles. The molecule has 0 aromatic rings. The average molecular weight is 266 g/mol. The molecule has 0 aliphatic heterocycles. The average Bonchev–Trinajstić information content (AvgIpc) is 2.25. The Balaban J connectivity index is 1.54. The fraction of sp³-hybridized carbons (Fsp3) is 0.857. The molecule has 0 saturated heterocycles. The van der Waals surface area contributed by atoms with Crippen molar-refractivity contribution >= 4 is 11.9 Å². The molecule has 5 heteroatoms. The lowest BCUT2D eigenvalue weighted by Crippen LogP contribution is -2.60. The lowest BCUT2D eigenvalue weighted by Gasteiger charge is -2.56. The van der Waals surface area contributed by atoms with E-state index in [1.807, 2.05) is 0 Å². The molecular formula is C14H20NO4-. The predicted molar refractivity (Wildman–Crippen MR) is 64.9 cm³/mol. The Labute approximate surface area is 112 Å². The van der Waals surface area contributed by atoms with Gasteiger partial charge in [0, 0.05) is 5.54 Å². The van der Waals surface area contributed by atoms with Crippen LogP contribution < -0.4 is 10.4 Å². The van der Waals surface area contributed by atoms with Crippen molar-refractivity contribution in [3.8, 4) is 0 Å². The molecule has 0 radical (unpaired) electrons. The van der Waals surface area contributed by atoms with Gasteiger partial charge in [-0.25, -0.2) is 0 Å². The molecule has 0 aromatic heterocycles. The van der Waals surface area contributed by atoms with Gasteiger partial charge in [-0.2, -0.15) is 0 Å². The van der Waals surface area contributed by atoms with Crippen molar-refractivity contribution in [2.75, 3.05) is 13.2 Å². The lowest BCUT2D eigenvalue weighted by atomic mass is 9.53. The molecule has 4 bridgehead atoms. The maximum absolute atomic E-state index is 11.9. The van der Waals surface area contributed by atoms with Gasteiger partial charge in [-0.05, 0) is 56.3 Å². The zero-order valence-electron chi connectivity index (χ0n) is 11.0. The number of aliphatic carboxylic acids is 1. The van der Waals surface area contributed by atoms with Gasteiger partial charge in [-0.15, -0.1) is 0 Å². The highest BCUT2D eigenvalue weighted by Gasteiger charge is 2.51. The lowest BCUT2D eigenvalue weighted by molar-refractivity contribution is -0.309. The van der Waals surface area contributed by atoms with E-state index < -0.39 is 12.6 Å². The van der Waals surface area contributed by atoms with Crippen LogP contribution in [-0.2, 0) is 14.3 Å². The second-order valence-electron chi connectivity index (χ2n) is 6.61. The first-order valence-electron chi connectivity index (χ1n) is 7.13. The number of carbonyl (C=O) groups is 2. The summed E-state index contributed by atoms with van der Waals surface area (Å²) in [6.07, 6.45) is 7.25. The van der Waals surface area contributed by atoms with Gasteiger partial charge in [0.2, 0.25) is 5.91 Å². The number of carboxylic acids is 1. The van der Waals surface area contributed by atoms with Crippen LogP contribution in [0.2, 0.25) is 0 Å². The minimum absolute atomic E-state index is 0.0311. The zero-order chi connectivity index (χ0) is 13.5. The van der Waals surface area contributed by atoms with Gasteiger partial charge >= 0.3 is 0 Å². The van der Waals surface area contributed by atoms with Gasteiger partial charge in [0.05, 0.1) is 12.6 Å². The Morgan fingerprint density at radius 1 is 1.05 bits per heavy atom. The summed E-state index contributed by atoms with van der Waals surface area (Å²) in [4.78, 5) is 22.1. The standard InChI is InChI=1S/C14H21NO4/c16-12(7-19-8-13(17)18)15-14-4-9-1-10(5-14)3-11(2-9)6-14/h9-11H,1-8H2,(H,15,16)(H,17,18)/p-1. The van der Waals surface area contributed by atoms with E-state index in [1.54, 1.807) is 0 Å². The van der Waals surface area contributed by atoms with E-state index >= 15 is 0 Å². The highest BCUT2D eigenvalue weighted by atomic mass is 16.5. The Bertz CT molecular complexity index is 358. The van der Waals surface area contributed by atoms with Gasteiger partial charge in [0.15, 0.2) is 0 Å².